The first-order chi connectivity index (χ1) is 12.5. The summed E-state index contributed by atoms with van der Waals surface area (Å²) in [6.45, 7) is 3.39. The van der Waals surface area contributed by atoms with Crippen LogP contribution in [0, 0.1) is 5.82 Å². The summed E-state index contributed by atoms with van der Waals surface area (Å²) in [5.74, 6) is -1.17. The average molecular weight is 411 g/mol. The number of sulfone groups is 1. The summed E-state index contributed by atoms with van der Waals surface area (Å²) in [5.41, 5.74) is 0.0255. The molecule has 0 atom stereocenters. The van der Waals surface area contributed by atoms with Crippen molar-refractivity contribution >= 4 is 33.0 Å². The van der Waals surface area contributed by atoms with Gasteiger partial charge in [-0.1, -0.05) is 23.7 Å². The molecule has 2 aromatic carbocycles. The van der Waals surface area contributed by atoms with Gasteiger partial charge < -0.3 is 9.47 Å². The Labute approximate surface area is 161 Å². The van der Waals surface area contributed by atoms with E-state index in [-0.39, 0.29) is 21.4 Å². The maximum atomic E-state index is 13.3. The van der Waals surface area contributed by atoms with Crippen molar-refractivity contribution in [1.29, 1.82) is 0 Å². The van der Waals surface area contributed by atoms with E-state index >= 15 is 0 Å². The van der Waals surface area contributed by atoms with Gasteiger partial charge in [-0.25, -0.2) is 17.6 Å². The van der Waals surface area contributed by atoms with Crippen LogP contribution >= 0.6 is 11.6 Å². The molecule has 0 radical (unpaired) electrons. The molecule has 3 rings (SSSR count). The second-order valence-corrected chi connectivity index (χ2v) is 9.00. The number of hydrogen-bond donors (Lipinski definition) is 0. The third-order valence-electron chi connectivity index (χ3n) is 4.04. The molecule has 0 aliphatic carbocycles. The Hall–Kier alpha value is -2.38. The fourth-order valence-electron chi connectivity index (χ4n) is 2.80. The highest BCUT2D eigenvalue weighted by atomic mass is 35.5. The fourth-order valence-corrected chi connectivity index (χ4v) is 3.60. The lowest BCUT2D eigenvalue weighted by atomic mass is 9.92. The predicted molar refractivity (Wildman–Crippen MR) is 98.7 cm³/mol. The second-order valence-electron chi connectivity index (χ2n) is 6.58. The van der Waals surface area contributed by atoms with Crippen molar-refractivity contribution in [3.63, 3.8) is 0 Å². The molecule has 0 fully saturated rings. The Morgan fingerprint density at radius 1 is 1.11 bits per heavy atom. The number of esters is 1. The zero-order chi connectivity index (χ0) is 20.0. The van der Waals surface area contributed by atoms with Crippen LogP contribution < -0.4 is 4.74 Å². The third-order valence-corrected chi connectivity index (χ3v) is 5.46. The summed E-state index contributed by atoms with van der Waals surface area (Å²) in [7, 11) is -3.35. The smallest absolute Gasteiger partial charge is 0.375 e. The molecule has 0 spiro atoms. The lowest BCUT2D eigenvalue weighted by Crippen LogP contribution is -2.22. The van der Waals surface area contributed by atoms with E-state index in [1.54, 1.807) is 26.0 Å². The first-order valence-corrected chi connectivity index (χ1v) is 10.2. The Kier molecular flexibility index (Phi) is 4.78. The minimum Gasteiger partial charge on any atom is -0.449 e. The number of hydrogen-bond acceptors (Lipinski definition) is 5. The van der Waals surface area contributed by atoms with Crippen molar-refractivity contribution in [2.24, 2.45) is 0 Å². The van der Waals surface area contributed by atoms with E-state index in [1.165, 1.54) is 24.3 Å². The first-order valence-electron chi connectivity index (χ1n) is 7.90. The van der Waals surface area contributed by atoms with Crippen LogP contribution in [0.3, 0.4) is 0 Å². The van der Waals surface area contributed by atoms with Gasteiger partial charge in [0, 0.05) is 12.3 Å². The van der Waals surface area contributed by atoms with Crippen molar-refractivity contribution in [3.05, 3.63) is 64.6 Å². The summed E-state index contributed by atoms with van der Waals surface area (Å²) in [6.07, 6.45) is 1.11. The topological polar surface area (TPSA) is 69.7 Å². The number of cyclic esters (lactones) is 1. The lowest BCUT2D eigenvalue weighted by molar-refractivity contribution is -0.145. The highest BCUT2D eigenvalue weighted by molar-refractivity contribution is 7.90. The molecule has 142 valence electrons. The first kappa shape index (κ1) is 19.4. The Morgan fingerprint density at radius 2 is 1.74 bits per heavy atom. The fraction of sp³-hybridized carbons (Fsp3) is 0.211. The number of halogens is 2. The standard InChI is InChI=1S/C19H16ClFO5S/c1-19(2)16(11-4-7-13(8-5-11)27(3,23)24)17(18(22)26-19)25-12-6-9-15(21)14(20)10-12/h4-10H,1-3H3. The van der Waals surface area contributed by atoms with Gasteiger partial charge in [0.1, 0.15) is 17.2 Å². The van der Waals surface area contributed by atoms with Crippen LogP contribution in [0.25, 0.3) is 5.57 Å². The number of carbonyl (C=O) groups excluding carboxylic acids is 1. The van der Waals surface area contributed by atoms with Crippen LogP contribution in [0.4, 0.5) is 4.39 Å². The second kappa shape index (κ2) is 6.65. The molecule has 5 nitrogen and oxygen atoms in total. The van der Waals surface area contributed by atoms with Gasteiger partial charge in [-0.2, -0.15) is 0 Å². The maximum Gasteiger partial charge on any atom is 0.375 e. The SMILES string of the molecule is CC1(C)OC(=O)C(Oc2ccc(F)c(Cl)c2)=C1c1ccc(S(C)(=O)=O)cc1. The molecule has 0 aromatic heterocycles. The monoisotopic (exact) mass is 410 g/mol. The zero-order valence-electron chi connectivity index (χ0n) is 14.7. The third kappa shape index (κ3) is 3.84. The predicted octanol–water partition coefficient (Wildman–Crippen LogP) is 4.01. The lowest BCUT2D eigenvalue weighted by Gasteiger charge is -2.21. The molecule has 0 unspecified atom stereocenters. The van der Waals surface area contributed by atoms with E-state index in [9.17, 15) is 17.6 Å². The van der Waals surface area contributed by atoms with Gasteiger partial charge in [-0.15, -0.1) is 0 Å². The van der Waals surface area contributed by atoms with Crippen molar-refractivity contribution in [3.8, 4) is 5.75 Å². The summed E-state index contributed by atoms with van der Waals surface area (Å²) in [6, 6.07) is 9.78. The summed E-state index contributed by atoms with van der Waals surface area (Å²) >= 11 is 5.76. The number of carbonyl (C=O) groups is 1. The van der Waals surface area contributed by atoms with Gasteiger partial charge in [0.25, 0.3) is 0 Å². The van der Waals surface area contributed by atoms with Crippen molar-refractivity contribution < 1.29 is 27.1 Å². The van der Waals surface area contributed by atoms with Gasteiger partial charge in [0.05, 0.1) is 15.5 Å². The van der Waals surface area contributed by atoms with Crippen LogP contribution in [0.2, 0.25) is 5.02 Å². The highest BCUT2D eigenvalue weighted by Crippen LogP contribution is 2.40. The number of rotatable bonds is 4. The van der Waals surface area contributed by atoms with Gasteiger partial charge in [0.2, 0.25) is 5.76 Å². The average Bonchev–Trinajstić information content (AvgIpc) is 2.78. The van der Waals surface area contributed by atoms with Crippen molar-refractivity contribution in [1.82, 2.24) is 0 Å². The summed E-state index contributed by atoms with van der Waals surface area (Å²) < 4.78 is 47.7. The molecule has 0 amide bonds. The highest BCUT2D eigenvalue weighted by Gasteiger charge is 2.43. The normalized spacial score (nSPS) is 16.4. The minimum absolute atomic E-state index is 0.0604. The molecular weight excluding hydrogens is 395 g/mol. The molecule has 0 saturated carbocycles. The summed E-state index contributed by atoms with van der Waals surface area (Å²) in [5, 5.41) is -0.141. The number of benzene rings is 2. The van der Waals surface area contributed by atoms with Crippen LogP contribution in [0.15, 0.2) is 53.1 Å². The van der Waals surface area contributed by atoms with E-state index in [0.717, 1.165) is 12.3 Å². The Bertz CT molecular complexity index is 1060. The zero-order valence-corrected chi connectivity index (χ0v) is 16.3. The van der Waals surface area contributed by atoms with Crippen LogP contribution in [0.5, 0.6) is 5.75 Å². The minimum atomic E-state index is -3.35. The molecule has 1 heterocycles. The van der Waals surface area contributed by atoms with E-state index in [2.05, 4.69) is 0 Å². The molecule has 2 aromatic rings. The molecule has 0 bridgehead atoms. The van der Waals surface area contributed by atoms with E-state index in [1.807, 2.05) is 0 Å². The molecule has 0 N–H and O–H groups in total. The van der Waals surface area contributed by atoms with E-state index < -0.39 is 27.2 Å². The van der Waals surface area contributed by atoms with Gasteiger partial charge in [-0.3, -0.25) is 0 Å². The molecule has 8 heteroatoms. The van der Waals surface area contributed by atoms with Gasteiger partial charge >= 0.3 is 5.97 Å². The molecule has 1 aliphatic heterocycles. The largest absolute Gasteiger partial charge is 0.449 e. The molecular formula is C19H16ClFO5S. The summed E-state index contributed by atoms with van der Waals surface area (Å²) in [4.78, 5) is 12.5. The van der Waals surface area contributed by atoms with E-state index in [4.69, 9.17) is 21.1 Å². The molecule has 0 saturated heterocycles. The van der Waals surface area contributed by atoms with Gasteiger partial charge in [-0.05, 0) is 43.7 Å². The van der Waals surface area contributed by atoms with Crippen LogP contribution in [-0.2, 0) is 19.4 Å². The van der Waals surface area contributed by atoms with Crippen molar-refractivity contribution in [2.75, 3.05) is 6.26 Å². The molecule has 27 heavy (non-hydrogen) atoms. The quantitative estimate of drug-likeness (QED) is 0.712. The van der Waals surface area contributed by atoms with Crippen LogP contribution in [-0.4, -0.2) is 26.2 Å². The number of ether oxygens (including phenoxy) is 2. The maximum absolute atomic E-state index is 13.3. The van der Waals surface area contributed by atoms with Gasteiger partial charge in [0.15, 0.2) is 9.84 Å². The van der Waals surface area contributed by atoms with Crippen molar-refractivity contribution in [2.45, 2.75) is 24.3 Å². The molecule has 1 aliphatic rings. The Morgan fingerprint density at radius 3 is 2.30 bits per heavy atom. The van der Waals surface area contributed by atoms with Crippen LogP contribution in [0.1, 0.15) is 19.4 Å². The Balaban J connectivity index is 2.08. The van der Waals surface area contributed by atoms with E-state index in [0.29, 0.717) is 11.1 Å².